The van der Waals surface area contributed by atoms with Gasteiger partial charge in [-0.3, -0.25) is 4.79 Å². The van der Waals surface area contributed by atoms with Gasteiger partial charge in [-0.2, -0.15) is 4.31 Å². The minimum Gasteiger partial charge on any atom is -0.377 e. The predicted molar refractivity (Wildman–Crippen MR) is 92.4 cm³/mol. The number of benzene rings is 1. The number of nitrogens with one attached hydrogen (secondary N) is 1. The van der Waals surface area contributed by atoms with E-state index in [4.69, 9.17) is 4.74 Å². The highest BCUT2D eigenvalue weighted by Crippen LogP contribution is 2.19. The van der Waals surface area contributed by atoms with Crippen LogP contribution in [0.2, 0.25) is 0 Å². The van der Waals surface area contributed by atoms with Crippen LogP contribution in [0.5, 0.6) is 0 Å². The minimum atomic E-state index is -3.59. The molecule has 1 aliphatic heterocycles. The predicted octanol–water partition coefficient (Wildman–Crippen LogP) is 1.79. The molecule has 1 heterocycles. The normalized spacial score (nSPS) is 18.3. The third kappa shape index (κ3) is 4.66. The second-order valence-electron chi connectivity index (χ2n) is 5.80. The first kappa shape index (κ1) is 18.6. The zero-order valence-corrected chi connectivity index (χ0v) is 14.7. The quantitative estimate of drug-likeness (QED) is 0.759. The molecule has 1 aromatic rings. The van der Waals surface area contributed by atoms with Crippen molar-refractivity contribution in [1.82, 2.24) is 9.62 Å². The molecule has 0 bridgehead atoms. The molecule has 1 saturated heterocycles. The smallest absolute Gasteiger partial charge is 0.251 e. The lowest BCUT2D eigenvalue weighted by atomic mass is 10.1. The fourth-order valence-corrected chi connectivity index (χ4v) is 3.76. The van der Waals surface area contributed by atoms with E-state index in [9.17, 15) is 13.2 Å². The van der Waals surface area contributed by atoms with Crippen molar-refractivity contribution in [3.63, 3.8) is 0 Å². The fourth-order valence-electron chi connectivity index (χ4n) is 2.56. The van der Waals surface area contributed by atoms with Crippen molar-refractivity contribution in [1.29, 1.82) is 0 Å². The van der Waals surface area contributed by atoms with Crippen LogP contribution in [-0.2, 0) is 14.8 Å². The second kappa shape index (κ2) is 8.41. The number of rotatable bonds is 7. The number of sulfonamides is 1. The van der Waals surface area contributed by atoms with Gasteiger partial charge in [0.1, 0.15) is 0 Å². The SMILES string of the molecule is C=CCNC(=O)c1ccc(S(=O)(=O)N(C)C[C@H]2CCCCO2)cc1. The van der Waals surface area contributed by atoms with Gasteiger partial charge >= 0.3 is 0 Å². The molecule has 1 amide bonds. The van der Waals surface area contributed by atoms with Crippen molar-refractivity contribution < 1.29 is 17.9 Å². The van der Waals surface area contributed by atoms with E-state index in [-0.39, 0.29) is 16.9 Å². The molecule has 0 unspecified atom stereocenters. The molecule has 6 nitrogen and oxygen atoms in total. The van der Waals surface area contributed by atoms with Crippen LogP contribution >= 0.6 is 0 Å². The van der Waals surface area contributed by atoms with Crippen LogP contribution in [0.25, 0.3) is 0 Å². The molecule has 24 heavy (non-hydrogen) atoms. The summed E-state index contributed by atoms with van der Waals surface area (Å²) < 4.78 is 32.1. The first-order chi connectivity index (χ1) is 11.4. The van der Waals surface area contributed by atoms with E-state index >= 15 is 0 Å². The highest BCUT2D eigenvalue weighted by Gasteiger charge is 2.25. The van der Waals surface area contributed by atoms with Gasteiger partial charge in [0, 0.05) is 32.3 Å². The number of carbonyl (C=O) groups is 1. The van der Waals surface area contributed by atoms with E-state index in [1.165, 1.54) is 28.6 Å². The summed E-state index contributed by atoms with van der Waals surface area (Å²) in [4.78, 5) is 12.0. The first-order valence-corrected chi connectivity index (χ1v) is 9.46. The topological polar surface area (TPSA) is 75.7 Å². The summed E-state index contributed by atoms with van der Waals surface area (Å²) in [6, 6.07) is 5.93. The van der Waals surface area contributed by atoms with E-state index in [2.05, 4.69) is 11.9 Å². The maximum absolute atomic E-state index is 12.6. The van der Waals surface area contributed by atoms with Crippen LogP contribution in [0.4, 0.5) is 0 Å². The van der Waals surface area contributed by atoms with Gasteiger partial charge in [-0.1, -0.05) is 6.08 Å². The molecule has 1 atom stereocenters. The highest BCUT2D eigenvalue weighted by molar-refractivity contribution is 7.89. The van der Waals surface area contributed by atoms with Gasteiger partial charge in [0.25, 0.3) is 5.91 Å². The molecule has 0 saturated carbocycles. The molecule has 0 radical (unpaired) electrons. The zero-order valence-electron chi connectivity index (χ0n) is 13.9. The molecule has 1 aliphatic rings. The van der Waals surface area contributed by atoms with Crippen molar-refractivity contribution in [2.45, 2.75) is 30.3 Å². The molecule has 0 aliphatic carbocycles. The van der Waals surface area contributed by atoms with E-state index < -0.39 is 10.0 Å². The molecule has 0 spiro atoms. The molecule has 2 rings (SSSR count). The van der Waals surface area contributed by atoms with Crippen LogP contribution in [-0.4, -0.2) is 51.5 Å². The lowest BCUT2D eigenvalue weighted by Crippen LogP contribution is -2.37. The monoisotopic (exact) mass is 352 g/mol. The Hall–Kier alpha value is -1.70. The molecule has 7 heteroatoms. The average molecular weight is 352 g/mol. The molecule has 1 N–H and O–H groups in total. The lowest BCUT2D eigenvalue weighted by molar-refractivity contribution is 0.00858. The summed E-state index contributed by atoms with van der Waals surface area (Å²) in [6.45, 7) is 4.92. The Morgan fingerprint density at radius 1 is 1.38 bits per heavy atom. The average Bonchev–Trinajstić information content (AvgIpc) is 2.60. The van der Waals surface area contributed by atoms with Crippen molar-refractivity contribution in [2.24, 2.45) is 0 Å². The van der Waals surface area contributed by atoms with Crippen LogP contribution in [0, 0.1) is 0 Å². The van der Waals surface area contributed by atoms with Crippen molar-refractivity contribution in [3.05, 3.63) is 42.5 Å². The largest absolute Gasteiger partial charge is 0.377 e. The molecule has 1 fully saturated rings. The summed E-state index contributed by atoms with van der Waals surface area (Å²) in [6.07, 6.45) is 4.50. The van der Waals surface area contributed by atoms with Crippen LogP contribution in [0.3, 0.4) is 0 Å². The Kier molecular flexibility index (Phi) is 6.53. The number of hydrogen-bond donors (Lipinski definition) is 1. The maximum atomic E-state index is 12.6. The molecule has 1 aromatic carbocycles. The van der Waals surface area contributed by atoms with Crippen LogP contribution in [0.15, 0.2) is 41.8 Å². The van der Waals surface area contributed by atoms with E-state index in [0.29, 0.717) is 25.3 Å². The van der Waals surface area contributed by atoms with E-state index in [1.54, 1.807) is 13.1 Å². The number of likely N-dealkylation sites (N-methyl/N-ethyl adjacent to an activating group) is 1. The first-order valence-electron chi connectivity index (χ1n) is 8.02. The Balaban J connectivity index is 2.05. The summed E-state index contributed by atoms with van der Waals surface area (Å²) >= 11 is 0. The summed E-state index contributed by atoms with van der Waals surface area (Å²) in [5.41, 5.74) is 0.411. The van der Waals surface area contributed by atoms with Gasteiger partial charge in [0.15, 0.2) is 0 Å². The van der Waals surface area contributed by atoms with E-state index in [1.807, 2.05) is 0 Å². The van der Waals surface area contributed by atoms with Gasteiger partial charge in [-0.15, -0.1) is 6.58 Å². The number of hydrogen-bond acceptors (Lipinski definition) is 4. The Labute approximate surface area is 143 Å². The number of nitrogens with zero attached hydrogens (tertiary/aromatic N) is 1. The number of amides is 1. The third-order valence-electron chi connectivity index (χ3n) is 3.97. The fraction of sp³-hybridized carbons (Fsp3) is 0.471. The summed E-state index contributed by atoms with van der Waals surface area (Å²) in [5, 5.41) is 2.65. The van der Waals surface area contributed by atoms with Gasteiger partial charge in [-0.05, 0) is 43.5 Å². The minimum absolute atomic E-state index is 0.0533. The number of ether oxygens (including phenoxy) is 1. The number of carbonyl (C=O) groups excluding carboxylic acids is 1. The molecule has 132 valence electrons. The van der Waals surface area contributed by atoms with E-state index in [0.717, 1.165) is 19.3 Å². The third-order valence-corrected chi connectivity index (χ3v) is 5.80. The van der Waals surface area contributed by atoms with Gasteiger partial charge in [0.05, 0.1) is 11.0 Å². The Bertz CT molecular complexity index is 664. The Morgan fingerprint density at radius 2 is 2.08 bits per heavy atom. The molecular formula is C17H24N2O4S. The zero-order chi connectivity index (χ0) is 17.6. The standard InChI is InChI=1S/C17H24N2O4S/c1-3-11-18-17(20)14-7-9-16(10-8-14)24(21,22)19(2)13-15-6-4-5-12-23-15/h3,7-10,15H,1,4-6,11-13H2,2H3,(H,18,20)/t15-/m1/s1. The van der Waals surface area contributed by atoms with Crippen molar-refractivity contribution >= 4 is 15.9 Å². The van der Waals surface area contributed by atoms with Crippen molar-refractivity contribution in [3.8, 4) is 0 Å². The van der Waals surface area contributed by atoms with Gasteiger partial charge in [-0.25, -0.2) is 8.42 Å². The second-order valence-corrected chi connectivity index (χ2v) is 7.84. The van der Waals surface area contributed by atoms with Crippen LogP contribution < -0.4 is 5.32 Å². The van der Waals surface area contributed by atoms with Gasteiger partial charge in [0.2, 0.25) is 10.0 Å². The summed E-state index contributed by atoms with van der Waals surface area (Å²) in [5.74, 6) is -0.261. The molecule has 0 aromatic heterocycles. The van der Waals surface area contributed by atoms with Crippen LogP contribution in [0.1, 0.15) is 29.6 Å². The molecular weight excluding hydrogens is 328 g/mol. The summed E-state index contributed by atoms with van der Waals surface area (Å²) in [7, 11) is -2.04. The lowest BCUT2D eigenvalue weighted by Gasteiger charge is -2.27. The Morgan fingerprint density at radius 3 is 2.67 bits per heavy atom. The van der Waals surface area contributed by atoms with Crippen molar-refractivity contribution in [2.75, 3.05) is 26.7 Å². The van der Waals surface area contributed by atoms with Gasteiger partial charge < -0.3 is 10.1 Å². The maximum Gasteiger partial charge on any atom is 0.251 e. The highest BCUT2D eigenvalue weighted by atomic mass is 32.2.